The van der Waals surface area contributed by atoms with Crippen molar-refractivity contribution in [3.8, 4) is 5.75 Å². The number of ether oxygens (including phenoxy) is 1. The lowest BCUT2D eigenvalue weighted by atomic mass is 10.2. The Morgan fingerprint density at radius 3 is 2.46 bits per heavy atom. The number of amides is 3. The van der Waals surface area contributed by atoms with Gasteiger partial charge in [-0.05, 0) is 61.0 Å². The van der Waals surface area contributed by atoms with E-state index in [0.29, 0.717) is 33.0 Å². The van der Waals surface area contributed by atoms with E-state index in [1.165, 1.54) is 11.8 Å². The van der Waals surface area contributed by atoms with E-state index in [-0.39, 0.29) is 5.69 Å². The van der Waals surface area contributed by atoms with Gasteiger partial charge in [0.2, 0.25) is 0 Å². The van der Waals surface area contributed by atoms with Crippen LogP contribution in [-0.2, 0) is 9.59 Å². The summed E-state index contributed by atoms with van der Waals surface area (Å²) in [5, 5.41) is 6.48. The zero-order chi connectivity index (χ0) is 25.1. The van der Waals surface area contributed by atoms with Gasteiger partial charge in [0.1, 0.15) is 11.4 Å². The molecule has 4 aromatic rings. The van der Waals surface area contributed by atoms with Gasteiger partial charge >= 0.3 is 11.8 Å². The van der Waals surface area contributed by atoms with Crippen molar-refractivity contribution < 1.29 is 19.1 Å². The SMILES string of the molecule is COc1ccccc1NC(=O)C(=O)Nn1c(C(=O)Nc2ccc(C)c(Cl)c2)cc2cc(Br)ccc21. The number of para-hydroxylation sites is 2. The fourth-order valence-electron chi connectivity index (χ4n) is 3.42. The van der Waals surface area contributed by atoms with Crippen molar-refractivity contribution in [2.75, 3.05) is 23.2 Å². The maximum Gasteiger partial charge on any atom is 0.328 e. The van der Waals surface area contributed by atoms with E-state index in [9.17, 15) is 14.4 Å². The first-order valence-corrected chi connectivity index (χ1v) is 11.6. The molecular weight excluding hydrogens is 536 g/mol. The van der Waals surface area contributed by atoms with Gasteiger partial charge in [0.15, 0.2) is 0 Å². The molecule has 0 aliphatic rings. The Hall–Kier alpha value is -3.82. The number of carbonyl (C=O) groups is 3. The highest BCUT2D eigenvalue weighted by molar-refractivity contribution is 9.10. The predicted molar refractivity (Wildman–Crippen MR) is 140 cm³/mol. The molecule has 1 aromatic heterocycles. The third kappa shape index (κ3) is 5.31. The summed E-state index contributed by atoms with van der Waals surface area (Å²) in [5.74, 6) is -1.99. The molecule has 0 radical (unpaired) electrons. The van der Waals surface area contributed by atoms with Crippen molar-refractivity contribution in [1.82, 2.24) is 4.68 Å². The van der Waals surface area contributed by atoms with Crippen molar-refractivity contribution in [3.05, 3.63) is 87.5 Å². The van der Waals surface area contributed by atoms with Crippen LogP contribution in [0.5, 0.6) is 5.75 Å². The first-order valence-electron chi connectivity index (χ1n) is 10.4. The Balaban J connectivity index is 1.63. The first-order chi connectivity index (χ1) is 16.8. The molecule has 3 amide bonds. The number of hydrogen-bond acceptors (Lipinski definition) is 4. The van der Waals surface area contributed by atoms with Crippen LogP contribution in [0.1, 0.15) is 16.1 Å². The highest BCUT2D eigenvalue weighted by atomic mass is 79.9. The molecule has 0 atom stereocenters. The van der Waals surface area contributed by atoms with Crippen LogP contribution >= 0.6 is 27.5 Å². The average molecular weight is 556 g/mol. The third-order valence-corrected chi connectivity index (χ3v) is 6.10. The van der Waals surface area contributed by atoms with E-state index in [4.69, 9.17) is 16.3 Å². The van der Waals surface area contributed by atoms with Gasteiger partial charge in [0.05, 0.1) is 18.3 Å². The minimum Gasteiger partial charge on any atom is -0.495 e. The summed E-state index contributed by atoms with van der Waals surface area (Å²) in [5.41, 5.74) is 4.87. The van der Waals surface area contributed by atoms with Gasteiger partial charge in [-0.15, -0.1) is 0 Å². The fourth-order valence-corrected chi connectivity index (χ4v) is 3.98. The number of anilines is 2. The third-order valence-electron chi connectivity index (χ3n) is 5.20. The second-order valence-electron chi connectivity index (χ2n) is 7.58. The second-order valence-corrected chi connectivity index (χ2v) is 8.90. The number of rotatable bonds is 5. The van der Waals surface area contributed by atoms with Crippen LogP contribution < -0.4 is 20.8 Å². The number of benzene rings is 3. The number of halogens is 2. The number of carbonyl (C=O) groups excluding carboxylic acids is 3. The Bertz CT molecular complexity index is 1470. The van der Waals surface area contributed by atoms with Crippen molar-refractivity contribution >= 4 is 67.5 Å². The number of aromatic nitrogens is 1. The van der Waals surface area contributed by atoms with Gasteiger partial charge in [-0.1, -0.05) is 45.7 Å². The van der Waals surface area contributed by atoms with Crippen LogP contribution in [0.25, 0.3) is 10.9 Å². The highest BCUT2D eigenvalue weighted by Crippen LogP contribution is 2.26. The second kappa shape index (κ2) is 10.2. The van der Waals surface area contributed by atoms with Gasteiger partial charge in [0.25, 0.3) is 5.91 Å². The molecule has 0 bridgehead atoms. The Kier molecular flexibility index (Phi) is 7.09. The molecule has 178 valence electrons. The molecule has 0 saturated carbocycles. The number of aryl methyl sites for hydroxylation is 1. The van der Waals surface area contributed by atoms with Gasteiger partial charge < -0.3 is 15.4 Å². The van der Waals surface area contributed by atoms with Crippen molar-refractivity contribution in [2.24, 2.45) is 0 Å². The number of nitrogens with zero attached hydrogens (tertiary/aromatic N) is 1. The minimum atomic E-state index is -0.969. The van der Waals surface area contributed by atoms with Gasteiger partial charge in [-0.25, -0.2) is 4.68 Å². The lowest BCUT2D eigenvalue weighted by molar-refractivity contribution is -0.133. The summed E-state index contributed by atoms with van der Waals surface area (Å²) >= 11 is 9.58. The standard InChI is InChI=1S/C25H20BrClN4O4/c1-14-7-9-17(13-18(14)27)28-23(32)21-12-15-11-16(26)8-10-20(15)31(21)30-25(34)24(33)29-19-5-3-4-6-22(19)35-2/h3-13H,1-2H3,(H,28,32)(H,29,33)(H,30,34). The lowest BCUT2D eigenvalue weighted by Crippen LogP contribution is -2.36. The van der Waals surface area contributed by atoms with Gasteiger partial charge in [-0.2, -0.15) is 0 Å². The normalized spacial score (nSPS) is 10.6. The fraction of sp³-hybridized carbons (Fsp3) is 0.0800. The highest BCUT2D eigenvalue weighted by Gasteiger charge is 2.22. The molecule has 35 heavy (non-hydrogen) atoms. The monoisotopic (exact) mass is 554 g/mol. The molecule has 0 fully saturated rings. The number of hydrogen-bond donors (Lipinski definition) is 3. The Labute approximate surface area is 214 Å². The van der Waals surface area contributed by atoms with E-state index >= 15 is 0 Å². The number of methoxy groups -OCH3 is 1. The molecule has 1 heterocycles. The molecule has 4 rings (SSSR count). The van der Waals surface area contributed by atoms with Crippen molar-refractivity contribution in [2.45, 2.75) is 6.92 Å². The topological polar surface area (TPSA) is 101 Å². The van der Waals surface area contributed by atoms with Crippen molar-refractivity contribution in [1.29, 1.82) is 0 Å². The zero-order valence-corrected chi connectivity index (χ0v) is 21.0. The van der Waals surface area contributed by atoms with Crippen LogP contribution in [0.15, 0.2) is 71.2 Å². The quantitative estimate of drug-likeness (QED) is 0.290. The van der Waals surface area contributed by atoms with Crippen molar-refractivity contribution in [3.63, 3.8) is 0 Å². The van der Waals surface area contributed by atoms with Crippen LogP contribution in [0.2, 0.25) is 5.02 Å². The van der Waals surface area contributed by atoms with E-state index in [1.807, 2.05) is 6.92 Å². The Morgan fingerprint density at radius 2 is 1.71 bits per heavy atom. The summed E-state index contributed by atoms with van der Waals surface area (Å²) in [6, 6.07) is 18.8. The Morgan fingerprint density at radius 1 is 0.943 bits per heavy atom. The first kappa shape index (κ1) is 24.3. The molecule has 10 heteroatoms. The van der Waals surface area contributed by atoms with Crippen LogP contribution in [0.4, 0.5) is 11.4 Å². The minimum absolute atomic E-state index is 0.119. The molecule has 3 aromatic carbocycles. The molecule has 0 saturated heterocycles. The molecule has 3 N–H and O–H groups in total. The van der Waals surface area contributed by atoms with E-state index < -0.39 is 17.7 Å². The molecule has 0 spiro atoms. The van der Waals surface area contributed by atoms with Crippen LogP contribution in [0.3, 0.4) is 0 Å². The maximum absolute atomic E-state index is 13.2. The van der Waals surface area contributed by atoms with Gasteiger partial charge in [-0.3, -0.25) is 19.8 Å². The van der Waals surface area contributed by atoms with E-state index in [0.717, 1.165) is 10.0 Å². The summed E-state index contributed by atoms with van der Waals surface area (Å²) in [6.45, 7) is 1.86. The molecule has 0 unspecified atom stereocenters. The molecule has 0 aliphatic carbocycles. The summed E-state index contributed by atoms with van der Waals surface area (Å²) in [7, 11) is 1.46. The van der Waals surface area contributed by atoms with Crippen LogP contribution in [-0.4, -0.2) is 29.5 Å². The molecular formula is C25H20BrClN4O4. The van der Waals surface area contributed by atoms with Crippen LogP contribution in [0, 0.1) is 6.92 Å². The summed E-state index contributed by atoms with van der Waals surface area (Å²) in [4.78, 5) is 38.6. The maximum atomic E-state index is 13.2. The van der Waals surface area contributed by atoms with Gasteiger partial charge in [0, 0.05) is 20.6 Å². The largest absolute Gasteiger partial charge is 0.495 e. The van der Waals surface area contributed by atoms with E-state index in [1.54, 1.807) is 66.7 Å². The summed E-state index contributed by atoms with van der Waals surface area (Å²) in [6.07, 6.45) is 0. The summed E-state index contributed by atoms with van der Waals surface area (Å²) < 4.78 is 7.27. The van der Waals surface area contributed by atoms with E-state index in [2.05, 4.69) is 32.0 Å². The predicted octanol–water partition coefficient (Wildman–Crippen LogP) is 5.34. The lowest BCUT2D eigenvalue weighted by Gasteiger charge is -2.14. The average Bonchev–Trinajstić information content (AvgIpc) is 3.19. The zero-order valence-electron chi connectivity index (χ0n) is 18.7. The smallest absolute Gasteiger partial charge is 0.328 e. The molecule has 0 aliphatic heterocycles. The number of fused-ring (bicyclic) bond motifs is 1. The molecule has 8 nitrogen and oxygen atoms in total. The number of nitrogens with one attached hydrogen (secondary N) is 3.